The van der Waals surface area contributed by atoms with Crippen LogP contribution >= 0.6 is 0 Å². The molecule has 0 spiro atoms. The molecule has 2 aromatic carbocycles. The van der Waals surface area contributed by atoms with Crippen molar-refractivity contribution in [1.29, 1.82) is 10.8 Å². The predicted molar refractivity (Wildman–Crippen MR) is 82.7 cm³/mol. The van der Waals surface area contributed by atoms with Crippen molar-refractivity contribution >= 4 is 23.0 Å². The first-order chi connectivity index (χ1) is 9.41. The Bertz CT molecular complexity index is 688. The van der Waals surface area contributed by atoms with Crippen LogP contribution in [0.15, 0.2) is 36.4 Å². The first kappa shape index (κ1) is 13.4. The van der Waals surface area contributed by atoms with E-state index in [9.17, 15) is 0 Å². The summed E-state index contributed by atoms with van der Waals surface area (Å²) in [5.41, 5.74) is 25.8. The molecule has 0 saturated carbocycles. The molecule has 6 nitrogen and oxygen atoms in total. The van der Waals surface area contributed by atoms with Gasteiger partial charge in [-0.05, 0) is 29.3 Å². The van der Waals surface area contributed by atoms with E-state index in [2.05, 4.69) is 0 Å². The number of nitrogens with two attached hydrogens (primary N) is 4. The summed E-state index contributed by atoms with van der Waals surface area (Å²) in [7, 11) is 0. The summed E-state index contributed by atoms with van der Waals surface area (Å²) in [6.45, 7) is 0. The standard InChI is InChI=1S/C14H16N6/c15-8-3-1-7(2-4-8)9-5-6-10(16)12(14(19)20)11(9)13(17)18/h1-6H,15-16H2,(H3,17,18)(H3,19,20). The number of hydrogen-bond donors (Lipinski definition) is 6. The second-order valence-electron chi connectivity index (χ2n) is 4.40. The predicted octanol–water partition coefficient (Wildman–Crippen LogP) is 1.09. The molecular formula is C14H16N6. The van der Waals surface area contributed by atoms with Gasteiger partial charge >= 0.3 is 0 Å². The average molecular weight is 268 g/mol. The van der Waals surface area contributed by atoms with E-state index in [0.717, 1.165) is 5.56 Å². The molecule has 0 aliphatic rings. The molecule has 0 fully saturated rings. The number of nitrogen functional groups attached to an aromatic ring is 4. The first-order valence-corrected chi connectivity index (χ1v) is 5.89. The van der Waals surface area contributed by atoms with E-state index < -0.39 is 0 Å². The van der Waals surface area contributed by atoms with Crippen LogP contribution in [0.2, 0.25) is 0 Å². The number of amidine groups is 2. The van der Waals surface area contributed by atoms with Crippen molar-refractivity contribution < 1.29 is 0 Å². The van der Waals surface area contributed by atoms with E-state index in [1.165, 1.54) is 0 Å². The van der Waals surface area contributed by atoms with Crippen molar-refractivity contribution in [2.24, 2.45) is 11.5 Å². The molecule has 102 valence electrons. The van der Waals surface area contributed by atoms with Gasteiger partial charge in [0.15, 0.2) is 0 Å². The Morgan fingerprint density at radius 1 is 0.750 bits per heavy atom. The van der Waals surface area contributed by atoms with Gasteiger partial charge in [0.05, 0.1) is 5.56 Å². The van der Waals surface area contributed by atoms with Crippen LogP contribution in [0, 0.1) is 10.8 Å². The van der Waals surface area contributed by atoms with Gasteiger partial charge in [-0.1, -0.05) is 18.2 Å². The fraction of sp³-hybridized carbons (Fsp3) is 0. The lowest BCUT2D eigenvalue weighted by Gasteiger charge is -2.15. The molecule has 20 heavy (non-hydrogen) atoms. The molecule has 2 rings (SSSR count). The number of rotatable bonds is 3. The summed E-state index contributed by atoms with van der Waals surface area (Å²) in [5.74, 6) is -0.403. The molecule has 0 unspecified atom stereocenters. The maximum Gasteiger partial charge on any atom is 0.125 e. The maximum atomic E-state index is 7.74. The van der Waals surface area contributed by atoms with Crippen LogP contribution in [0.3, 0.4) is 0 Å². The van der Waals surface area contributed by atoms with Gasteiger partial charge in [0.2, 0.25) is 0 Å². The normalized spacial score (nSPS) is 10.2. The number of benzene rings is 2. The van der Waals surface area contributed by atoms with Gasteiger partial charge in [-0.25, -0.2) is 0 Å². The van der Waals surface area contributed by atoms with Crippen molar-refractivity contribution in [3.63, 3.8) is 0 Å². The molecular weight excluding hydrogens is 252 g/mol. The van der Waals surface area contributed by atoms with E-state index in [4.69, 9.17) is 33.8 Å². The van der Waals surface area contributed by atoms with E-state index in [1.807, 2.05) is 12.1 Å². The highest BCUT2D eigenvalue weighted by Crippen LogP contribution is 2.29. The third kappa shape index (κ3) is 2.26. The second-order valence-corrected chi connectivity index (χ2v) is 4.40. The molecule has 2 aromatic rings. The Hall–Kier alpha value is -3.02. The quantitative estimate of drug-likeness (QED) is 0.280. The molecule has 10 N–H and O–H groups in total. The minimum atomic E-state index is -0.218. The molecule has 0 aliphatic carbocycles. The summed E-state index contributed by atoms with van der Waals surface area (Å²) >= 11 is 0. The summed E-state index contributed by atoms with van der Waals surface area (Å²) in [5, 5.41) is 15.4. The second kappa shape index (κ2) is 4.93. The zero-order valence-electron chi connectivity index (χ0n) is 10.8. The van der Waals surface area contributed by atoms with Gasteiger partial charge in [0.25, 0.3) is 0 Å². The van der Waals surface area contributed by atoms with Crippen LogP contribution in [0.5, 0.6) is 0 Å². The van der Waals surface area contributed by atoms with Gasteiger partial charge < -0.3 is 22.9 Å². The van der Waals surface area contributed by atoms with Crippen LogP contribution in [0.25, 0.3) is 11.1 Å². The lowest BCUT2D eigenvalue weighted by molar-refractivity contribution is 1.38. The highest BCUT2D eigenvalue weighted by molar-refractivity contribution is 6.14. The number of hydrogen-bond acceptors (Lipinski definition) is 4. The van der Waals surface area contributed by atoms with E-state index in [1.54, 1.807) is 24.3 Å². The van der Waals surface area contributed by atoms with Crippen LogP contribution in [0.1, 0.15) is 11.1 Å². The van der Waals surface area contributed by atoms with Crippen molar-refractivity contribution in [3.8, 4) is 11.1 Å². The van der Waals surface area contributed by atoms with E-state index in [0.29, 0.717) is 22.5 Å². The fourth-order valence-electron chi connectivity index (χ4n) is 2.09. The topological polar surface area (TPSA) is 152 Å². The minimum absolute atomic E-state index is 0.186. The lowest BCUT2D eigenvalue weighted by atomic mass is 9.93. The molecule has 0 aliphatic heterocycles. The molecule has 0 saturated heterocycles. The van der Waals surface area contributed by atoms with Crippen molar-refractivity contribution in [1.82, 2.24) is 0 Å². The third-order valence-corrected chi connectivity index (χ3v) is 3.00. The monoisotopic (exact) mass is 268 g/mol. The van der Waals surface area contributed by atoms with Gasteiger partial charge in [0.1, 0.15) is 11.7 Å². The number of nitrogens with one attached hydrogen (secondary N) is 2. The highest BCUT2D eigenvalue weighted by Gasteiger charge is 2.17. The van der Waals surface area contributed by atoms with Crippen LogP contribution in [0.4, 0.5) is 11.4 Å². The van der Waals surface area contributed by atoms with Crippen molar-refractivity contribution in [2.45, 2.75) is 0 Å². The Morgan fingerprint density at radius 2 is 1.30 bits per heavy atom. The van der Waals surface area contributed by atoms with Crippen molar-refractivity contribution in [2.75, 3.05) is 11.5 Å². The average Bonchev–Trinajstić information content (AvgIpc) is 2.39. The zero-order chi connectivity index (χ0) is 14.9. The van der Waals surface area contributed by atoms with E-state index >= 15 is 0 Å². The Balaban J connectivity index is 2.77. The lowest BCUT2D eigenvalue weighted by Crippen LogP contribution is -2.23. The highest BCUT2D eigenvalue weighted by atomic mass is 14.8. The molecule has 0 amide bonds. The van der Waals surface area contributed by atoms with Crippen LogP contribution in [-0.4, -0.2) is 11.7 Å². The largest absolute Gasteiger partial charge is 0.399 e. The summed E-state index contributed by atoms with van der Waals surface area (Å²) < 4.78 is 0. The van der Waals surface area contributed by atoms with Crippen LogP contribution < -0.4 is 22.9 Å². The molecule has 0 radical (unpaired) electrons. The Kier molecular flexibility index (Phi) is 3.30. The summed E-state index contributed by atoms with van der Waals surface area (Å²) in [6, 6.07) is 10.5. The van der Waals surface area contributed by atoms with Gasteiger partial charge in [-0.15, -0.1) is 0 Å². The smallest absolute Gasteiger partial charge is 0.125 e. The zero-order valence-corrected chi connectivity index (χ0v) is 10.8. The first-order valence-electron chi connectivity index (χ1n) is 5.89. The fourth-order valence-corrected chi connectivity index (χ4v) is 2.09. The molecule has 0 bridgehead atoms. The SMILES string of the molecule is N=C(N)c1c(N)ccc(-c2ccc(N)cc2)c1C(=N)N. The molecule has 0 atom stereocenters. The maximum absolute atomic E-state index is 7.74. The van der Waals surface area contributed by atoms with Gasteiger partial charge in [-0.2, -0.15) is 0 Å². The third-order valence-electron chi connectivity index (χ3n) is 3.00. The van der Waals surface area contributed by atoms with E-state index in [-0.39, 0.29) is 17.2 Å². The molecule has 0 heterocycles. The Labute approximate surface area is 116 Å². The van der Waals surface area contributed by atoms with Crippen LogP contribution in [-0.2, 0) is 0 Å². The van der Waals surface area contributed by atoms with Crippen molar-refractivity contribution in [3.05, 3.63) is 47.5 Å². The van der Waals surface area contributed by atoms with Gasteiger partial charge in [0, 0.05) is 16.9 Å². The summed E-state index contributed by atoms with van der Waals surface area (Å²) in [6.07, 6.45) is 0. The summed E-state index contributed by atoms with van der Waals surface area (Å²) in [4.78, 5) is 0. The molecule has 6 heteroatoms. The number of anilines is 2. The van der Waals surface area contributed by atoms with Gasteiger partial charge in [-0.3, -0.25) is 10.8 Å². The molecule has 0 aromatic heterocycles. The minimum Gasteiger partial charge on any atom is -0.399 e. The Morgan fingerprint density at radius 3 is 1.80 bits per heavy atom.